The van der Waals surface area contributed by atoms with E-state index in [0.717, 1.165) is 0 Å². The van der Waals surface area contributed by atoms with Crippen LogP contribution >= 0.6 is 10.7 Å². The van der Waals surface area contributed by atoms with Gasteiger partial charge in [-0.2, -0.15) is 0 Å². The number of halogens is 1. The summed E-state index contributed by atoms with van der Waals surface area (Å²) < 4.78 is 23.7. The minimum absolute atomic E-state index is 0.149. The summed E-state index contributed by atoms with van der Waals surface area (Å²) in [5.74, 6) is 0.274. The van der Waals surface area contributed by atoms with Crippen molar-refractivity contribution in [1.82, 2.24) is 14.5 Å². The Kier molecular flexibility index (Phi) is 3.83. The molecule has 0 N–H and O–H groups in total. The Morgan fingerprint density at radius 2 is 2.06 bits per heavy atom. The van der Waals surface area contributed by atoms with Crippen LogP contribution < -0.4 is 0 Å². The monoisotopic (exact) mass is 279 g/mol. The standard InChI is InChI=1S/C9H14ClN3O3S/c1-6(9(14)12(3)4)13-5-8(11-7(13)2)17(10,15)16/h5-6H,1-4H3. The van der Waals surface area contributed by atoms with E-state index in [9.17, 15) is 13.2 Å². The van der Waals surface area contributed by atoms with Crippen molar-refractivity contribution in [2.45, 2.75) is 24.9 Å². The van der Waals surface area contributed by atoms with Gasteiger partial charge in [-0.1, -0.05) is 0 Å². The van der Waals surface area contributed by atoms with Crippen LogP contribution in [0.3, 0.4) is 0 Å². The third-order valence-electron chi connectivity index (χ3n) is 2.36. The van der Waals surface area contributed by atoms with Gasteiger partial charge in [0.1, 0.15) is 11.9 Å². The molecule has 0 aliphatic rings. The van der Waals surface area contributed by atoms with Crippen LogP contribution in [0.5, 0.6) is 0 Å². The molecule has 0 radical (unpaired) electrons. The van der Waals surface area contributed by atoms with Gasteiger partial charge in [-0.3, -0.25) is 4.79 Å². The molecule has 1 atom stereocenters. The molecule has 0 aliphatic carbocycles. The Morgan fingerprint density at radius 1 is 1.53 bits per heavy atom. The Morgan fingerprint density at radius 3 is 2.41 bits per heavy atom. The van der Waals surface area contributed by atoms with Gasteiger partial charge in [0.05, 0.1) is 0 Å². The Balaban J connectivity index is 3.17. The predicted molar refractivity (Wildman–Crippen MR) is 63.4 cm³/mol. The van der Waals surface area contributed by atoms with E-state index in [1.54, 1.807) is 27.9 Å². The fraction of sp³-hybridized carbons (Fsp3) is 0.556. The molecule has 0 aliphatic heterocycles. The molecule has 1 unspecified atom stereocenters. The normalized spacial score (nSPS) is 13.5. The highest BCUT2D eigenvalue weighted by atomic mass is 35.7. The van der Waals surface area contributed by atoms with Crippen LogP contribution in [-0.4, -0.2) is 42.9 Å². The molecule has 0 saturated carbocycles. The summed E-state index contributed by atoms with van der Waals surface area (Å²) in [5, 5.41) is -0.241. The molecular weight excluding hydrogens is 266 g/mol. The average molecular weight is 280 g/mol. The van der Waals surface area contributed by atoms with Gasteiger partial charge in [0, 0.05) is 31.0 Å². The van der Waals surface area contributed by atoms with Gasteiger partial charge >= 0.3 is 0 Å². The molecule has 1 heterocycles. The summed E-state index contributed by atoms with van der Waals surface area (Å²) in [7, 11) is 4.58. The van der Waals surface area contributed by atoms with Gasteiger partial charge in [0.2, 0.25) is 5.91 Å². The largest absolute Gasteiger partial charge is 0.347 e. The zero-order valence-corrected chi connectivity index (χ0v) is 11.6. The van der Waals surface area contributed by atoms with Gasteiger partial charge in [-0.15, -0.1) is 0 Å². The van der Waals surface area contributed by atoms with E-state index in [1.165, 1.54) is 15.7 Å². The van der Waals surface area contributed by atoms with Crippen LogP contribution in [0.15, 0.2) is 11.2 Å². The molecule has 0 fully saturated rings. The van der Waals surface area contributed by atoms with Crippen LogP contribution in [-0.2, 0) is 13.8 Å². The molecule has 0 saturated heterocycles. The van der Waals surface area contributed by atoms with Crippen LogP contribution in [0.2, 0.25) is 0 Å². The van der Waals surface area contributed by atoms with Gasteiger partial charge in [0.25, 0.3) is 9.05 Å². The number of aryl methyl sites for hydroxylation is 1. The van der Waals surface area contributed by atoms with Crippen LogP contribution in [0.25, 0.3) is 0 Å². The summed E-state index contributed by atoms with van der Waals surface area (Å²) >= 11 is 0. The smallest absolute Gasteiger partial charge is 0.280 e. The van der Waals surface area contributed by atoms with Crippen molar-refractivity contribution < 1.29 is 13.2 Å². The number of carbonyl (C=O) groups excluding carboxylic acids is 1. The van der Waals surface area contributed by atoms with Gasteiger partial charge in [-0.05, 0) is 13.8 Å². The maximum absolute atomic E-state index is 11.7. The third kappa shape index (κ3) is 2.98. The lowest BCUT2D eigenvalue weighted by Gasteiger charge is -2.18. The number of hydrogen-bond donors (Lipinski definition) is 0. The van der Waals surface area contributed by atoms with Crippen molar-refractivity contribution in [3.63, 3.8) is 0 Å². The zero-order valence-electron chi connectivity index (χ0n) is 10.0. The first-order valence-electron chi connectivity index (χ1n) is 4.86. The predicted octanol–water partition coefficient (Wildman–Crippen LogP) is 0.768. The fourth-order valence-corrected chi connectivity index (χ4v) is 2.16. The summed E-state index contributed by atoms with van der Waals surface area (Å²) in [6, 6.07) is -0.523. The maximum atomic E-state index is 11.7. The number of amides is 1. The highest BCUT2D eigenvalue weighted by Crippen LogP contribution is 2.18. The minimum Gasteiger partial charge on any atom is -0.347 e. The quantitative estimate of drug-likeness (QED) is 0.766. The maximum Gasteiger partial charge on any atom is 0.280 e. The third-order valence-corrected chi connectivity index (χ3v) is 3.53. The van der Waals surface area contributed by atoms with Crippen LogP contribution in [0.4, 0.5) is 0 Å². The highest BCUT2D eigenvalue weighted by molar-refractivity contribution is 8.13. The summed E-state index contributed by atoms with van der Waals surface area (Å²) in [5.41, 5.74) is 0. The van der Waals surface area contributed by atoms with Crippen molar-refractivity contribution in [3.8, 4) is 0 Å². The number of likely N-dealkylation sites (N-methyl/N-ethyl adjacent to an activating group) is 1. The molecule has 8 heteroatoms. The van der Waals surface area contributed by atoms with E-state index in [0.29, 0.717) is 5.82 Å². The molecule has 6 nitrogen and oxygen atoms in total. The average Bonchev–Trinajstić information content (AvgIpc) is 2.57. The zero-order chi connectivity index (χ0) is 13.4. The van der Waals surface area contributed by atoms with Crippen molar-refractivity contribution in [2.24, 2.45) is 0 Å². The number of imidazole rings is 1. The molecular formula is C9H14ClN3O3S. The molecule has 1 aromatic heterocycles. The van der Waals surface area contributed by atoms with Gasteiger partial charge in [-0.25, -0.2) is 13.4 Å². The number of nitrogens with zero attached hydrogens (tertiary/aromatic N) is 3. The molecule has 0 spiro atoms. The lowest BCUT2D eigenvalue weighted by Crippen LogP contribution is -2.30. The van der Waals surface area contributed by atoms with E-state index in [4.69, 9.17) is 10.7 Å². The summed E-state index contributed by atoms with van der Waals surface area (Å²) in [6.07, 6.45) is 1.27. The Bertz CT molecular complexity index is 536. The molecule has 1 amide bonds. The summed E-state index contributed by atoms with van der Waals surface area (Å²) in [4.78, 5) is 17.0. The Hall–Kier alpha value is -1.08. The minimum atomic E-state index is -3.87. The van der Waals surface area contributed by atoms with E-state index >= 15 is 0 Å². The van der Waals surface area contributed by atoms with Crippen molar-refractivity contribution in [3.05, 3.63) is 12.0 Å². The van der Waals surface area contributed by atoms with E-state index in [2.05, 4.69) is 4.98 Å². The van der Waals surface area contributed by atoms with Gasteiger partial charge in [0.15, 0.2) is 5.03 Å². The number of carbonyl (C=O) groups is 1. The molecule has 1 rings (SSSR count). The fourth-order valence-electron chi connectivity index (χ4n) is 1.46. The SMILES string of the molecule is Cc1nc(S(=O)(=O)Cl)cn1C(C)C(=O)N(C)C. The summed E-state index contributed by atoms with van der Waals surface area (Å²) in [6.45, 7) is 3.28. The molecule has 0 bridgehead atoms. The number of hydrogen-bond acceptors (Lipinski definition) is 4. The molecule has 0 aromatic carbocycles. The van der Waals surface area contributed by atoms with E-state index in [-0.39, 0.29) is 10.9 Å². The van der Waals surface area contributed by atoms with Crippen molar-refractivity contribution in [1.29, 1.82) is 0 Å². The van der Waals surface area contributed by atoms with Crippen LogP contribution in [0.1, 0.15) is 18.8 Å². The first kappa shape index (κ1) is 14.0. The number of aromatic nitrogens is 2. The second-order valence-electron chi connectivity index (χ2n) is 3.88. The Labute approximate surface area is 105 Å². The van der Waals surface area contributed by atoms with Gasteiger partial charge < -0.3 is 9.47 Å². The highest BCUT2D eigenvalue weighted by Gasteiger charge is 2.22. The lowest BCUT2D eigenvalue weighted by atomic mass is 10.3. The topological polar surface area (TPSA) is 72.3 Å². The second-order valence-corrected chi connectivity index (χ2v) is 6.39. The lowest BCUT2D eigenvalue weighted by molar-refractivity contribution is -0.131. The van der Waals surface area contributed by atoms with E-state index in [1.807, 2.05) is 0 Å². The molecule has 96 valence electrons. The number of rotatable bonds is 3. The molecule has 17 heavy (non-hydrogen) atoms. The van der Waals surface area contributed by atoms with Crippen LogP contribution in [0, 0.1) is 6.92 Å². The van der Waals surface area contributed by atoms with Crippen molar-refractivity contribution in [2.75, 3.05) is 14.1 Å². The molecule has 1 aromatic rings. The van der Waals surface area contributed by atoms with E-state index < -0.39 is 15.1 Å². The second kappa shape index (κ2) is 4.66. The van der Waals surface area contributed by atoms with Crippen molar-refractivity contribution >= 4 is 25.6 Å². The first-order valence-corrected chi connectivity index (χ1v) is 7.17. The first-order chi connectivity index (χ1) is 7.64.